The molecule has 2 aromatic rings. The molecule has 114 valence electrons. The minimum atomic E-state index is -0.857. The fourth-order valence-corrected chi connectivity index (χ4v) is 3.56. The summed E-state index contributed by atoms with van der Waals surface area (Å²) in [4.78, 5) is 16.4. The lowest BCUT2D eigenvalue weighted by Crippen LogP contribution is -2.12. The number of aromatic nitrogens is 4. The summed E-state index contributed by atoms with van der Waals surface area (Å²) < 4.78 is 2.01. The molecule has 0 aliphatic heterocycles. The lowest BCUT2D eigenvalue weighted by atomic mass is 10.3. The molecule has 2 heterocycles. The average Bonchev–Trinajstić information content (AvgIpc) is 3.03. The van der Waals surface area contributed by atoms with Gasteiger partial charge in [0.05, 0.1) is 11.8 Å². The number of rotatable bonds is 7. The van der Waals surface area contributed by atoms with Gasteiger partial charge in [0, 0.05) is 17.5 Å². The second-order valence-corrected chi connectivity index (χ2v) is 6.90. The van der Waals surface area contributed by atoms with E-state index in [-0.39, 0.29) is 11.8 Å². The molecule has 0 aromatic carbocycles. The first-order valence-corrected chi connectivity index (χ1v) is 8.53. The molecule has 0 spiro atoms. The third-order valence-electron chi connectivity index (χ3n) is 2.92. The van der Waals surface area contributed by atoms with Crippen molar-refractivity contribution in [2.75, 3.05) is 5.75 Å². The molecule has 2 aromatic heterocycles. The minimum absolute atomic E-state index is 0.0107. The second-order valence-electron chi connectivity index (χ2n) is 4.69. The van der Waals surface area contributed by atoms with Gasteiger partial charge in [-0.1, -0.05) is 18.7 Å². The summed E-state index contributed by atoms with van der Waals surface area (Å²) in [6, 6.07) is 0.0107. The summed E-state index contributed by atoms with van der Waals surface area (Å²) in [5.41, 5.74) is 0. The van der Waals surface area contributed by atoms with Crippen molar-refractivity contribution in [2.24, 2.45) is 0 Å². The van der Waals surface area contributed by atoms with Crippen molar-refractivity contribution in [1.29, 1.82) is 0 Å². The van der Waals surface area contributed by atoms with Crippen LogP contribution in [0.15, 0.2) is 11.4 Å². The number of aliphatic carboxylic acids is 1. The smallest absolute Gasteiger partial charge is 0.313 e. The highest BCUT2D eigenvalue weighted by Gasteiger charge is 2.21. The van der Waals surface area contributed by atoms with E-state index in [1.807, 2.05) is 24.6 Å². The summed E-state index contributed by atoms with van der Waals surface area (Å²) in [6.45, 7) is 6.15. The van der Waals surface area contributed by atoms with Gasteiger partial charge in [0.1, 0.15) is 10.8 Å². The van der Waals surface area contributed by atoms with Crippen molar-refractivity contribution in [3.05, 3.63) is 21.9 Å². The van der Waals surface area contributed by atoms with Gasteiger partial charge in [0.15, 0.2) is 5.16 Å². The molecule has 21 heavy (non-hydrogen) atoms. The Morgan fingerprint density at radius 1 is 1.52 bits per heavy atom. The van der Waals surface area contributed by atoms with Crippen LogP contribution in [0.2, 0.25) is 0 Å². The Hall–Kier alpha value is -1.41. The van der Waals surface area contributed by atoms with Gasteiger partial charge in [-0.3, -0.25) is 9.36 Å². The Bertz CT molecular complexity index is 623. The zero-order valence-corrected chi connectivity index (χ0v) is 13.9. The van der Waals surface area contributed by atoms with Gasteiger partial charge in [-0.15, -0.1) is 21.5 Å². The SMILES string of the molecule is CCCc1nnc(SCC(=O)O)n1C(C)c1ncc(C)s1. The number of hydrogen-bond acceptors (Lipinski definition) is 6. The van der Waals surface area contributed by atoms with Gasteiger partial charge in [-0.25, -0.2) is 4.98 Å². The monoisotopic (exact) mass is 326 g/mol. The Kier molecular flexibility index (Phi) is 5.35. The van der Waals surface area contributed by atoms with Gasteiger partial charge in [0.2, 0.25) is 0 Å². The number of carbonyl (C=O) groups is 1. The van der Waals surface area contributed by atoms with Gasteiger partial charge >= 0.3 is 5.97 Å². The molecule has 0 saturated heterocycles. The van der Waals surface area contributed by atoms with Crippen LogP contribution in [-0.4, -0.2) is 36.6 Å². The molecular weight excluding hydrogens is 308 g/mol. The van der Waals surface area contributed by atoms with Crippen molar-refractivity contribution in [3.63, 3.8) is 0 Å². The fraction of sp³-hybridized carbons (Fsp3) is 0.538. The van der Waals surface area contributed by atoms with Crippen molar-refractivity contribution in [3.8, 4) is 0 Å². The van der Waals surface area contributed by atoms with Crippen LogP contribution < -0.4 is 0 Å². The standard InChI is InChI=1S/C13H18N4O2S2/c1-4-5-10-15-16-13(20-7-11(18)19)17(10)9(3)12-14-6-8(2)21-12/h6,9H,4-5,7H2,1-3H3,(H,18,19). The summed E-state index contributed by atoms with van der Waals surface area (Å²) in [5, 5.41) is 18.8. The summed E-state index contributed by atoms with van der Waals surface area (Å²) in [6.07, 6.45) is 3.63. The molecule has 0 bridgehead atoms. The molecule has 0 radical (unpaired) electrons. The Morgan fingerprint density at radius 3 is 2.86 bits per heavy atom. The normalized spacial score (nSPS) is 12.5. The predicted molar refractivity (Wildman–Crippen MR) is 83.0 cm³/mol. The second kappa shape index (κ2) is 7.04. The third kappa shape index (κ3) is 3.82. The van der Waals surface area contributed by atoms with E-state index in [1.165, 1.54) is 11.8 Å². The van der Waals surface area contributed by atoms with Crippen LogP contribution in [-0.2, 0) is 11.2 Å². The predicted octanol–water partition coefficient (Wildman–Crippen LogP) is 2.78. The third-order valence-corrected chi connectivity index (χ3v) is 4.93. The zero-order valence-electron chi connectivity index (χ0n) is 12.2. The van der Waals surface area contributed by atoms with E-state index in [4.69, 9.17) is 5.11 Å². The maximum Gasteiger partial charge on any atom is 0.313 e. The molecule has 0 fully saturated rings. The highest BCUT2D eigenvalue weighted by atomic mass is 32.2. The maximum atomic E-state index is 10.8. The number of aryl methyl sites for hydroxylation is 2. The Morgan fingerprint density at radius 2 is 2.29 bits per heavy atom. The first kappa shape index (κ1) is 16.0. The van der Waals surface area contributed by atoms with Crippen LogP contribution in [0.3, 0.4) is 0 Å². The molecule has 6 nitrogen and oxygen atoms in total. The van der Waals surface area contributed by atoms with Crippen LogP contribution in [0, 0.1) is 6.92 Å². The summed E-state index contributed by atoms with van der Waals surface area (Å²) >= 11 is 2.84. The van der Waals surface area contributed by atoms with Crippen molar-refractivity contribution in [2.45, 2.75) is 44.8 Å². The van der Waals surface area contributed by atoms with Crippen LogP contribution in [0.25, 0.3) is 0 Å². The number of thioether (sulfide) groups is 1. The lowest BCUT2D eigenvalue weighted by Gasteiger charge is -2.15. The number of carboxylic acid groups (broad SMARTS) is 1. The minimum Gasteiger partial charge on any atom is -0.481 e. The highest BCUT2D eigenvalue weighted by molar-refractivity contribution is 7.99. The molecule has 2 rings (SSSR count). The van der Waals surface area contributed by atoms with Crippen molar-refractivity contribution < 1.29 is 9.90 Å². The summed E-state index contributed by atoms with van der Waals surface area (Å²) in [7, 11) is 0. The van der Waals surface area contributed by atoms with Gasteiger partial charge in [0.25, 0.3) is 0 Å². The van der Waals surface area contributed by atoms with Gasteiger partial charge in [-0.05, 0) is 20.3 Å². The van der Waals surface area contributed by atoms with Crippen LogP contribution >= 0.6 is 23.1 Å². The van der Waals surface area contributed by atoms with Crippen LogP contribution in [0.1, 0.15) is 42.0 Å². The average molecular weight is 326 g/mol. The van der Waals surface area contributed by atoms with E-state index < -0.39 is 5.97 Å². The molecular formula is C13H18N4O2S2. The van der Waals surface area contributed by atoms with Gasteiger partial charge < -0.3 is 5.11 Å². The first-order chi connectivity index (χ1) is 10.0. The largest absolute Gasteiger partial charge is 0.481 e. The van der Waals surface area contributed by atoms with E-state index in [1.54, 1.807) is 11.3 Å². The molecule has 0 saturated carbocycles. The molecule has 0 aliphatic rings. The molecule has 1 N–H and O–H groups in total. The van der Waals surface area contributed by atoms with Crippen LogP contribution in [0.5, 0.6) is 0 Å². The van der Waals surface area contributed by atoms with E-state index in [0.29, 0.717) is 5.16 Å². The Balaban J connectivity index is 2.33. The molecule has 0 amide bonds. The zero-order chi connectivity index (χ0) is 15.4. The van der Waals surface area contributed by atoms with Crippen LogP contribution in [0.4, 0.5) is 0 Å². The number of carboxylic acids is 1. The first-order valence-electron chi connectivity index (χ1n) is 6.73. The molecule has 8 heteroatoms. The number of thiazole rings is 1. The van der Waals surface area contributed by atoms with E-state index in [0.717, 1.165) is 28.6 Å². The topological polar surface area (TPSA) is 80.9 Å². The molecule has 1 unspecified atom stereocenters. The van der Waals surface area contributed by atoms with Crippen molar-refractivity contribution >= 4 is 29.1 Å². The summed E-state index contributed by atoms with van der Waals surface area (Å²) in [5.74, 6) is 0.00326. The Labute approximate surface area is 131 Å². The highest BCUT2D eigenvalue weighted by Crippen LogP contribution is 2.29. The lowest BCUT2D eigenvalue weighted by molar-refractivity contribution is -0.133. The van der Waals surface area contributed by atoms with E-state index in [9.17, 15) is 4.79 Å². The van der Waals surface area contributed by atoms with Crippen molar-refractivity contribution in [1.82, 2.24) is 19.7 Å². The molecule has 1 atom stereocenters. The number of nitrogens with zero attached hydrogens (tertiary/aromatic N) is 4. The van der Waals surface area contributed by atoms with E-state index in [2.05, 4.69) is 22.1 Å². The fourth-order valence-electron chi connectivity index (χ4n) is 1.99. The quantitative estimate of drug-likeness (QED) is 0.788. The number of hydrogen-bond donors (Lipinski definition) is 1. The van der Waals surface area contributed by atoms with E-state index >= 15 is 0 Å². The molecule has 0 aliphatic carbocycles. The van der Waals surface area contributed by atoms with Gasteiger partial charge in [-0.2, -0.15) is 0 Å². The maximum absolute atomic E-state index is 10.8.